The van der Waals surface area contributed by atoms with E-state index >= 15 is 0 Å². The van der Waals surface area contributed by atoms with Crippen LogP contribution in [0.5, 0.6) is 0 Å². The van der Waals surface area contributed by atoms with Gasteiger partial charge in [0, 0.05) is 19.0 Å². The number of nitrogens with one attached hydrogen (secondary N) is 2. The maximum Gasteiger partial charge on any atom is 0.240 e. The molecule has 1 rings (SSSR count). The summed E-state index contributed by atoms with van der Waals surface area (Å²) in [4.78, 5) is 22.7. The largest absolute Gasteiger partial charge is 0.354 e. The monoisotopic (exact) mass is 223 g/mol. The fraction of sp³-hybridized carbons (Fsp3) is 0.727. The van der Waals surface area contributed by atoms with Crippen molar-refractivity contribution < 1.29 is 9.59 Å². The smallest absolute Gasteiger partial charge is 0.240 e. The molecule has 5 heteroatoms. The molecule has 1 aliphatic rings. The summed E-state index contributed by atoms with van der Waals surface area (Å²) in [6, 6.07) is 2.12. The van der Waals surface area contributed by atoms with Gasteiger partial charge in [0.15, 0.2) is 0 Å². The number of carbonyl (C=O) groups excluding carboxylic acids is 2. The third-order valence-electron chi connectivity index (χ3n) is 2.49. The number of hydrogen-bond donors (Lipinski definition) is 2. The number of nitriles is 1. The molecule has 0 unspecified atom stereocenters. The third-order valence-corrected chi connectivity index (χ3v) is 2.49. The normalized spacial score (nSPS) is 16.4. The van der Waals surface area contributed by atoms with E-state index < -0.39 is 5.41 Å². The van der Waals surface area contributed by atoms with Crippen molar-refractivity contribution in [2.45, 2.75) is 39.2 Å². The molecule has 2 amide bonds. The Morgan fingerprint density at radius 2 is 2.06 bits per heavy atom. The fourth-order valence-corrected chi connectivity index (χ4v) is 1.37. The lowest BCUT2D eigenvalue weighted by atomic mass is 10.1. The Hall–Kier alpha value is -1.57. The predicted octanol–water partition coefficient (Wildman–Crippen LogP) is 0.321. The van der Waals surface area contributed by atoms with Crippen LogP contribution in [0.25, 0.3) is 0 Å². The minimum atomic E-state index is -0.797. The second kappa shape index (κ2) is 4.97. The average Bonchev–Trinajstić information content (AvgIpc) is 2.96. The van der Waals surface area contributed by atoms with E-state index in [-0.39, 0.29) is 24.3 Å². The number of nitrogens with zero attached hydrogens (tertiary/aromatic N) is 1. The van der Waals surface area contributed by atoms with Gasteiger partial charge in [-0.2, -0.15) is 5.26 Å². The highest BCUT2D eigenvalue weighted by Crippen LogP contribution is 2.44. The molecular weight excluding hydrogens is 206 g/mol. The van der Waals surface area contributed by atoms with Crippen LogP contribution < -0.4 is 10.6 Å². The van der Waals surface area contributed by atoms with Gasteiger partial charge in [-0.25, -0.2) is 0 Å². The highest BCUT2D eigenvalue weighted by Gasteiger charge is 2.50. The van der Waals surface area contributed by atoms with E-state index in [0.29, 0.717) is 19.4 Å². The zero-order chi connectivity index (χ0) is 12.2. The molecule has 0 atom stereocenters. The SMILES string of the molecule is CC(C)NC(=O)CCNC(=O)C1(C#N)CC1. The summed E-state index contributed by atoms with van der Waals surface area (Å²) in [6.45, 7) is 4.05. The molecule has 1 saturated carbocycles. The van der Waals surface area contributed by atoms with Gasteiger partial charge >= 0.3 is 0 Å². The van der Waals surface area contributed by atoms with E-state index in [1.54, 1.807) is 0 Å². The maximum absolute atomic E-state index is 11.5. The highest BCUT2D eigenvalue weighted by molar-refractivity contribution is 5.88. The second-order valence-electron chi connectivity index (χ2n) is 4.42. The summed E-state index contributed by atoms with van der Waals surface area (Å²) < 4.78 is 0. The predicted molar refractivity (Wildman–Crippen MR) is 58.2 cm³/mol. The average molecular weight is 223 g/mol. The van der Waals surface area contributed by atoms with Gasteiger partial charge in [-0.15, -0.1) is 0 Å². The molecule has 0 saturated heterocycles. The molecule has 1 fully saturated rings. The highest BCUT2D eigenvalue weighted by atomic mass is 16.2. The minimum absolute atomic E-state index is 0.0860. The van der Waals surface area contributed by atoms with E-state index in [1.165, 1.54) is 0 Å². The van der Waals surface area contributed by atoms with Gasteiger partial charge in [-0.1, -0.05) is 0 Å². The Bertz CT molecular complexity index is 327. The number of carbonyl (C=O) groups is 2. The maximum atomic E-state index is 11.5. The third kappa shape index (κ3) is 3.23. The van der Waals surface area contributed by atoms with Gasteiger partial charge < -0.3 is 10.6 Å². The molecule has 5 nitrogen and oxygen atoms in total. The van der Waals surface area contributed by atoms with Crippen LogP contribution in [0, 0.1) is 16.7 Å². The summed E-state index contributed by atoms with van der Waals surface area (Å²) >= 11 is 0. The second-order valence-corrected chi connectivity index (χ2v) is 4.42. The van der Waals surface area contributed by atoms with Crippen LogP contribution >= 0.6 is 0 Å². The molecule has 0 aromatic carbocycles. The van der Waals surface area contributed by atoms with Gasteiger partial charge in [0.05, 0.1) is 6.07 Å². The van der Waals surface area contributed by atoms with E-state index in [0.717, 1.165) is 0 Å². The summed E-state index contributed by atoms with van der Waals surface area (Å²) in [6.07, 6.45) is 1.52. The molecule has 0 radical (unpaired) electrons. The van der Waals surface area contributed by atoms with Gasteiger partial charge in [0.2, 0.25) is 11.8 Å². The van der Waals surface area contributed by atoms with Crippen molar-refractivity contribution in [2.75, 3.05) is 6.54 Å². The van der Waals surface area contributed by atoms with E-state index in [9.17, 15) is 9.59 Å². The van der Waals surface area contributed by atoms with Crippen molar-refractivity contribution in [3.05, 3.63) is 0 Å². The molecule has 0 aliphatic heterocycles. The lowest BCUT2D eigenvalue weighted by Crippen LogP contribution is -2.36. The first-order valence-electron chi connectivity index (χ1n) is 5.49. The summed E-state index contributed by atoms with van der Waals surface area (Å²) in [7, 11) is 0. The van der Waals surface area contributed by atoms with Crippen molar-refractivity contribution in [3.8, 4) is 6.07 Å². The molecule has 0 bridgehead atoms. The molecule has 2 N–H and O–H groups in total. The number of rotatable bonds is 5. The van der Waals surface area contributed by atoms with Crippen LogP contribution in [0.4, 0.5) is 0 Å². The number of hydrogen-bond acceptors (Lipinski definition) is 3. The van der Waals surface area contributed by atoms with Gasteiger partial charge in [-0.3, -0.25) is 9.59 Å². The summed E-state index contributed by atoms with van der Waals surface area (Å²) in [5.41, 5.74) is -0.797. The standard InChI is InChI=1S/C11H17N3O2/c1-8(2)14-9(15)3-6-13-10(16)11(7-12)4-5-11/h8H,3-6H2,1-2H3,(H,13,16)(H,14,15). The van der Waals surface area contributed by atoms with Crippen molar-refractivity contribution in [3.63, 3.8) is 0 Å². The van der Waals surface area contributed by atoms with Gasteiger partial charge in [0.25, 0.3) is 0 Å². The van der Waals surface area contributed by atoms with Crippen molar-refractivity contribution in [1.82, 2.24) is 10.6 Å². The Labute approximate surface area is 95.2 Å². The minimum Gasteiger partial charge on any atom is -0.354 e. The molecule has 0 spiro atoms. The first-order chi connectivity index (χ1) is 7.50. The first-order valence-corrected chi connectivity index (χ1v) is 5.49. The van der Waals surface area contributed by atoms with Crippen LogP contribution in [0.15, 0.2) is 0 Å². The van der Waals surface area contributed by atoms with Crippen LogP contribution in [0.2, 0.25) is 0 Å². The van der Waals surface area contributed by atoms with Crippen LogP contribution in [-0.2, 0) is 9.59 Å². The lowest BCUT2D eigenvalue weighted by molar-refractivity contribution is -0.124. The van der Waals surface area contributed by atoms with Gasteiger partial charge in [0.1, 0.15) is 5.41 Å². The fourth-order valence-electron chi connectivity index (χ4n) is 1.37. The zero-order valence-electron chi connectivity index (χ0n) is 9.67. The molecule has 0 aromatic heterocycles. The Morgan fingerprint density at radius 1 is 1.44 bits per heavy atom. The van der Waals surface area contributed by atoms with E-state index in [2.05, 4.69) is 10.6 Å². The Balaban J connectivity index is 2.19. The molecule has 88 valence electrons. The zero-order valence-corrected chi connectivity index (χ0v) is 9.67. The molecule has 1 aliphatic carbocycles. The first kappa shape index (κ1) is 12.5. The Kier molecular flexibility index (Phi) is 3.88. The lowest BCUT2D eigenvalue weighted by Gasteiger charge is -2.10. The van der Waals surface area contributed by atoms with Crippen molar-refractivity contribution in [2.24, 2.45) is 5.41 Å². The van der Waals surface area contributed by atoms with Crippen LogP contribution in [0.3, 0.4) is 0 Å². The summed E-state index contributed by atoms with van der Waals surface area (Å²) in [5, 5.41) is 14.1. The van der Waals surface area contributed by atoms with Crippen LogP contribution in [0.1, 0.15) is 33.1 Å². The van der Waals surface area contributed by atoms with E-state index in [4.69, 9.17) is 5.26 Å². The van der Waals surface area contributed by atoms with Gasteiger partial charge in [-0.05, 0) is 26.7 Å². The summed E-state index contributed by atoms with van der Waals surface area (Å²) in [5.74, 6) is -0.329. The molecular formula is C11H17N3O2. The molecule has 0 aromatic rings. The van der Waals surface area contributed by atoms with Crippen molar-refractivity contribution >= 4 is 11.8 Å². The number of amides is 2. The van der Waals surface area contributed by atoms with E-state index in [1.807, 2.05) is 19.9 Å². The molecule has 16 heavy (non-hydrogen) atoms. The van der Waals surface area contributed by atoms with Crippen molar-refractivity contribution in [1.29, 1.82) is 5.26 Å². The quantitative estimate of drug-likeness (QED) is 0.704. The Morgan fingerprint density at radius 3 is 2.50 bits per heavy atom. The molecule has 0 heterocycles. The topological polar surface area (TPSA) is 82.0 Å². The van der Waals surface area contributed by atoms with Crippen LogP contribution in [-0.4, -0.2) is 24.4 Å².